The van der Waals surface area contributed by atoms with Crippen molar-refractivity contribution in [1.29, 1.82) is 0 Å². The van der Waals surface area contributed by atoms with E-state index in [1.165, 1.54) is 11.1 Å². The first-order valence-corrected chi connectivity index (χ1v) is 6.27. The molecule has 2 nitrogen and oxygen atoms in total. The zero-order valence-corrected chi connectivity index (χ0v) is 10.8. The van der Waals surface area contributed by atoms with Crippen molar-refractivity contribution in [2.45, 2.75) is 39.0 Å². The molecule has 0 aromatic heterocycles. The molecule has 1 aliphatic rings. The van der Waals surface area contributed by atoms with Crippen LogP contribution in [0, 0.1) is 12.8 Å². The zero-order chi connectivity index (χ0) is 12.5. The van der Waals surface area contributed by atoms with E-state index in [4.69, 9.17) is 4.74 Å². The van der Waals surface area contributed by atoms with Crippen molar-refractivity contribution in [3.05, 3.63) is 35.4 Å². The molecule has 2 rings (SSSR count). The molecule has 1 aromatic rings. The quantitative estimate of drug-likeness (QED) is 0.745. The normalized spacial score (nSPS) is 16.9. The molecule has 0 N–H and O–H groups in total. The van der Waals surface area contributed by atoms with Gasteiger partial charge in [0, 0.05) is 5.41 Å². The van der Waals surface area contributed by atoms with E-state index >= 15 is 0 Å². The molecule has 0 atom stereocenters. The molecule has 0 radical (unpaired) electrons. The lowest BCUT2D eigenvalue weighted by atomic mass is 9.95. The maximum Gasteiger partial charge on any atom is 0.308 e. The van der Waals surface area contributed by atoms with Gasteiger partial charge in [-0.05, 0) is 25.3 Å². The van der Waals surface area contributed by atoms with Crippen LogP contribution >= 0.6 is 0 Å². The van der Waals surface area contributed by atoms with Crippen molar-refractivity contribution in [3.63, 3.8) is 0 Å². The molecule has 0 bridgehead atoms. The Morgan fingerprint density at radius 3 is 2.65 bits per heavy atom. The average Bonchev–Trinajstić information content (AvgIpc) is 3.07. The highest BCUT2D eigenvalue weighted by Crippen LogP contribution is 2.48. The Bertz CT molecular complexity index is 417. The SMILES string of the molecule is Cc1cccc(C2(COC(=O)C(C)C)CC2)c1. The van der Waals surface area contributed by atoms with Crippen LogP contribution in [0.2, 0.25) is 0 Å². The van der Waals surface area contributed by atoms with Crippen LogP contribution in [-0.2, 0) is 14.9 Å². The second-order valence-electron chi connectivity index (χ2n) is 5.41. The smallest absolute Gasteiger partial charge is 0.308 e. The predicted molar refractivity (Wildman–Crippen MR) is 67.9 cm³/mol. The minimum atomic E-state index is -0.0936. The summed E-state index contributed by atoms with van der Waals surface area (Å²) >= 11 is 0. The van der Waals surface area contributed by atoms with Gasteiger partial charge in [0.2, 0.25) is 0 Å². The van der Waals surface area contributed by atoms with Crippen molar-refractivity contribution in [1.82, 2.24) is 0 Å². The van der Waals surface area contributed by atoms with Crippen molar-refractivity contribution >= 4 is 5.97 Å². The second kappa shape index (κ2) is 4.52. The first-order chi connectivity index (χ1) is 8.03. The summed E-state index contributed by atoms with van der Waals surface area (Å²) in [7, 11) is 0. The molecule has 1 fully saturated rings. The monoisotopic (exact) mass is 232 g/mol. The maximum atomic E-state index is 11.5. The fourth-order valence-corrected chi connectivity index (χ4v) is 2.02. The minimum absolute atomic E-state index is 0.0386. The van der Waals surface area contributed by atoms with E-state index in [0.29, 0.717) is 6.61 Å². The molecule has 2 heteroatoms. The molecule has 0 heterocycles. The summed E-state index contributed by atoms with van der Waals surface area (Å²) in [5.41, 5.74) is 2.69. The number of benzene rings is 1. The minimum Gasteiger partial charge on any atom is -0.465 e. The zero-order valence-electron chi connectivity index (χ0n) is 10.8. The van der Waals surface area contributed by atoms with Gasteiger partial charge < -0.3 is 4.74 Å². The molecule has 1 saturated carbocycles. The number of ether oxygens (including phenoxy) is 1. The van der Waals surface area contributed by atoms with Crippen LogP contribution in [0.25, 0.3) is 0 Å². The van der Waals surface area contributed by atoms with Gasteiger partial charge in [-0.1, -0.05) is 43.7 Å². The Hall–Kier alpha value is -1.31. The highest BCUT2D eigenvalue weighted by Gasteiger charge is 2.45. The van der Waals surface area contributed by atoms with Gasteiger partial charge in [0.05, 0.1) is 5.92 Å². The molecule has 0 amide bonds. The number of aryl methyl sites for hydroxylation is 1. The Labute approximate surface area is 103 Å². The molecule has 1 aliphatic carbocycles. The lowest BCUT2D eigenvalue weighted by Crippen LogP contribution is -2.21. The summed E-state index contributed by atoms with van der Waals surface area (Å²) in [5.74, 6) is -0.132. The molecule has 0 unspecified atom stereocenters. The van der Waals surface area contributed by atoms with Crippen molar-refractivity contribution < 1.29 is 9.53 Å². The van der Waals surface area contributed by atoms with Crippen LogP contribution in [0.15, 0.2) is 24.3 Å². The lowest BCUT2D eigenvalue weighted by molar-refractivity contribution is -0.148. The molecule has 17 heavy (non-hydrogen) atoms. The van der Waals surface area contributed by atoms with Gasteiger partial charge in [0.15, 0.2) is 0 Å². The standard InChI is InChI=1S/C15H20O2/c1-11(2)14(16)17-10-15(7-8-15)13-6-4-5-12(3)9-13/h4-6,9,11H,7-8,10H2,1-3H3. The van der Waals surface area contributed by atoms with E-state index in [2.05, 4.69) is 31.2 Å². The molecule has 0 spiro atoms. The van der Waals surface area contributed by atoms with Crippen LogP contribution in [0.1, 0.15) is 37.8 Å². The first kappa shape index (κ1) is 12.2. The van der Waals surface area contributed by atoms with Crippen LogP contribution in [0.5, 0.6) is 0 Å². The lowest BCUT2D eigenvalue weighted by Gasteiger charge is -2.17. The Balaban J connectivity index is 2.03. The second-order valence-corrected chi connectivity index (χ2v) is 5.41. The van der Waals surface area contributed by atoms with Gasteiger partial charge in [-0.3, -0.25) is 4.79 Å². The summed E-state index contributed by atoms with van der Waals surface area (Å²) in [5, 5.41) is 0. The fourth-order valence-electron chi connectivity index (χ4n) is 2.02. The first-order valence-electron chi connectivity index (χ1n) is 6.27. The summed E-state index contributed by atoms with van der Waals surface area (Å²) in [6.45, 7) is 6.37. The van der Waals surface area contributed by atoms with Gasteiger partial charge in [-0.25, -0.2) is 0 Å². The Kier molecular flexibility index (Phi) is 3.23. The van der Waals surface area contributed by atoms with Crippen molar-refractivity contribution in [2.75, 3.05) is 6.61 Å². The van der Waals surface area contributed by atoms with Crippen molar-refractivity contribution in [3.8, 4) is 0 Å². The number of esters is 1. The molecular formula is C15H20O2. The average molecular weight is 232 g/mol. The molecule has 0 saturated heterocycles. The molecular weight excluding hydrogens is 212 g/mol. The third kappa shape index (κ3) is 2.68. The molecule has 92 valence electrons. The Morgan fingerprint density at radius 2 is 2.12 bits per heavy atom. The van der Waals surface area contributed by atoms with Crippen LogP contribution in [0.3, 0.4) is 0 Å². The third-order valence-electron chi connectivity index (χ3n) is 3.45. The number of carbonyl (C=O) groups is 1. The van der Waals surface area contributed by atoms with Crippen LogP contribution < -0.4 is 0 Å². The Morgan fingerprint density at radius 1 is 1.41 bits per heavy atom. The highest BCUT2D eigenvalue weighted by molar-refractivity contribution is 5.71. The van der Waals surface area contributed by atoms with E-state index in [1.54, 1.807) is 0 Å². The van der Waals surface area contributed by atoms with E-state index in [-0.39, 0.29) is 17.3 Å². The van der Waals surface area contributed by atoms with Gasteiger partial charge in [0.1, 0.15) is 6.61 Å². The number of carbonyl (C=O) groups excluding carboxylic acids is 1. The summed E-state index contributed by atoms with van der Waals surface area (Å²) in [6, 6.07) is 8.52. The fraction of sp³-hybridized carbons (Fsp3) is 0.533. The van der Waals surface area contributed by atoms with Crippen molar-refractivity contribution in [2.24, 2.45) is 5.92 Å². The maximum absolute atomic E-state index is 11.5. The van der Waals surface area contributed by atoms with E-state index in [9.17, 15) is 4.79 Å². The number of hydrogen-bond donors (Lipinski definition) is 0. The summed E-state index contributed by atoms with van der Waals surface area (Å²) in [4.78, 5) is 11.5. The molecule has 0 aliphatic heterocycles. The van der Waals surface area contributed by atoms with Gasteiger partial charge in [-0.2, -0.15) is 0 Å². The summed E-state index contributed by atoms with van der Waals surface area (Å²) < 4.78 is 5.39. The van der Waals surface area contributed by atoms with E-state index in [0.717, 1.165) is 12.8 Å². The molecule has 1 aromatic carbocycles. The van der Waals surface area contributed by atoms with Crippen LogP contribution in [0.4, 0.5) is 0 Å². The van der Waals surface area contributed by atoms with Crippen LogP contribution in [-0.4, -0.2) is 12.6 Å². The van der Waals surface area contributed by atoms with Gasteiger partial charge >= 0.3 is 5.97 Å². The number of hydrogen-bond acceptors (Lipinski definition) is 2. The summed E-state index contributed by atoms with van der Waals surface area (Å²) in [6.07, 6.45) is 2.25. The number of rotatable bonds is 4. The van der Waals surface area contributed by atoms with E-state index < -0.39 is 0 Å². The predicted octanol–water partition coefficient (Wildman–Crippen LogP) is 3.23. The third-order valence-corrected chi connectivity index (χ3v) is 3.45. The van der Waals surface area contributed by atoms with Gasteiger partial charge in [-0.15, -0.1) is 0 Å². The van der Waals surface area contributed by atoms with E-state index in [1.807, 2.05) is 13.8 Å². The van der Waals surface area contributed by atoms with Gasteiger partial charge in [0.25, 0.3) is 0 Å². The largest absolute Gasteiger partial charge is 0.465 e. The topological polar surface area (TPSA) is 26.3 Å². The highest BCUT2D eigenvalue weighted by atomic mass is 16.5.